The highest BCUT2D eigenvalue weighted by atomic mass is 28.3. The lowest BCUT2D eigenvalue weighted by Crippen LogP contribution is -2.30. The first-order chi connectivity index (χ1) is 18.8. The molecule has 2 aromatic carbocycles. The Balaban J connectivity index is 1.47. The van der Waals surface area contributed by atoms with Crippen molar-refractivity contribution in [2.24, 2.45) is 17.3 Å². The summed E-state index contributed by atoms with van der Waals surface area (Å²) in [4.78, 5) is 0. The van der Waals surface area contributed by atoms with E-state index in [1.807, 2.05) is 0 Å². The second-order valence-corrected chi connectivity index (χ2v) is 18.2. The Labute approximate surface area is 238 Å². The van der Waals surface area contributed by atoms with Crippen LogP contribution in [0.5, 0.6) is 0 Å². The fourth-order valence-electron chi connectivity index (χ4n) is 6.41. The van der Waals surface area contributed by atoms with Crippen LogP contribution in [-0.2, 0) is 22.7 Å². The summed E-state index contributed by atoms with van der Waals surface area (Å²) in [6, 6.07) is 20.9. The second-order valence-electron chi connectivity index (χ2n) is 13.2. The van der Waals surface area contributed by atoms with E-state index in [-0.39, 0.29) is 11.5 Å². The number of aliphatic hydroxyl groups is 1. The second kappa shape index (κ2) is 14.6. The fourth-order valence-corrected chi connectivity index (χ4v) is 7.84. The normalized spacial score (nSPS) is 22.1. The molecule has 2 fully saturated rings. The lowest BCUT2D eigenvalue weighted by molar-refractivity contribution is -0.0298. The van der Waals surface area contributed by atoms with Crippen molar-refractivity contribution in [1.82, 2.24) is 0 Å². The monoisotopic (exact) mass is 546 g/mol. The van der Waals surface area contributed by atoms with Gasteiger partial charge in [0.2, 0.25) is 0 Å². The van der Waals surface area contributed by atoms with Crippen molar-refractivity contribution in [2.75, 3.05) is 13.2 Å². The van der Waals surface area contributed by atoms with E-state index in [0.717, 1.165) is 19.3 Å². The van der Waals surface area contributed by atoms with E-state index in [9.17, 15) is 5.11 Å². The van der Waals surface area contributed by atoms with Crippen molar-refractivity contribution in [1.29, 1.82) is 0 Å². The fraction of sp³-hybridized carbons (Fsp3) is 0.543. The smallest absolute Gasteiger partial charge is 0.0717 e. The van der Waals surface area contributed by atoms with Crippen molar-refractivity contribution < 1.29 is 14.6 Å². The highest BCUT2D eigenvalue weighted by molar-refractivity contribution is 6.81. The molecule has 2 aliphatic rings. The van der Waals surface area contributed by atoms with Gasteiger partial charge in [-0.2, -0.15) is 0 Å². The SMILES string of the molecule is C[Si](C)(C)/C=C1\CC(COCc2ccccc2)(COCc2ccccc2)CC1/C=C/CC(O)C1CCCCC1. The van der Waals surface area contributed by atoms with Gasteiger partial charge in [0.1, 0.15) is 0 Å². The van der Waals surface area contributed by atoms with Crippen LogP contribution in [0.3, 0.4) is 0 Å². The molecule has 2 saturated carbocycles. The summed E-state index contributed by atoms with van der Waals surface area (Å²) in [6.45, 7) is 9.90. The lowest BCUT2D eigenvalue weighted by atomic mass is 9.84. The minimum Gasteiger partial charge on any atom is -0.393 e. The molecule has 0 saturated heterocycles. The highest BCUT2D eigenvalue weighted by Gasteiger charge is 2.42. The van der Waals surface area contributed by atoms with Crippen molar-refractivity contribution in [2.45, 2.75) is 90.3 Å². The van der Waals surface area contributed by atoms with Gasteiger partial charge in [-0.05, 0) is 55.1 Å². The van der Waals surface area contributed by atoms with Gasteiger partial charge in [-0.15, -0.1) is 0 Å². The molecule has 2 aromatic rings. The Morgan fingerprint density at radius 1 is 0.872 bits per heavy atom. The molecular weight excluding hydrogens is 496 g/mol. The van der Waals surface area contributed by atoms with Gasteiger partial charge in [0.25, 0.3) is 0 Å². The average Bonchev–Trinajstić information content (AvgIpc) is 3.25. The minimum absolute atomic E-state index is 0.0496. The van der Waals surface area contributed by atoms with Crippen LogP contribution in [0.25, 0.3) is 0 Å². The van der Waals surface area contributed by atoms with Crippen LogP contribution < -0.4 is 0 Å². The van der Waals surface area contributed by atoms with Crippen LogP contribution in [0.4, 0.5) is 0 Å². The molecule has 0 aliphatic heterocycles. The third-order valence-electron chi connectivity index (χ3n) is 8.31. The van der Waals surface area contributed by atoms with Crippen molar-refractivity contribution in [3.63, 3.8) is 0 Å². The van der Waals surface area contributed by atoms with E-state index in [4.69, 9.17) is 9.47 Å². The van der Waals surface area contributed by atoms with E-state index >= 15 is 0 Å². The topological polar surface area (TPSA) is 38.7 Å². The molecule has 0 heterocycles. The number of hydrogen-bond donors (Lipinski definition) is 1. The zero-order valence-corrected chi connectivity index (χ0v) is 25.5. The van der Waals surface area contributed by atoms with Crippen LogP contribution in [0, 0.1) is 17.3 Å². The first-order valence-electron chi connectivity index (χ1n) is 15.1. The summed E-state index contributed by atoms with van der Waals surface area (Å²) in [5.41, 5.74) is 6.52. The van der Waals surface area contributed by atoms with Crippen LogP contribution in [0.15, 0.2) is 84.1 Å². The van der Waals surface area contributed by atoms with Crippen LogP contribution in [-0.4, -0.2) is 32.5 Å². The summed E-state index contributed by atoms with van der Waals surface area (Å²) >= 11 is 0. The number of hydrogen-bond acceptors (Lipinski definition) is 3. The molecule has 2 atom stereocenters. The van der Waals surface area contributed by atoms with Gasteiger partial charge in [-0.1, -0.05) is 123 Å². The molecule has 4 rings (SSSR count). The first kappa shape index (κ1) is 30.0. The Bertz CT molecular complexity index is 989. The Morgan fingerprint density at radius 3 is 1.97 bits per heavy atom. The van der Waals surface area contributed by atoms with Crippen LogP contribution in [0.2, 0.25) is 19.6 Å². The van der Waals surface area contributed by atoms with Gasteiger partial charge in [0, 0.05) is 5.41 Å². The molecule has 4 heteroatoms. The number of allylic oxidation sites excluding steroid dienone is 2. The molecule has 0 radical (unpaired) electrons. The number of aliphatic hydroxyl groups excluding tert-OH is 1. The number of benzene rings is 2. The Hall–Kier alpha value is -1.98. The van der Waals surface area contributed by atoms with Gasteiger partial charge >= 0.3 is 0 Å². The van der Waals surface area contributed by atoms with E-state index in [0.29, 0.717) is 38.3 Å². The third-order valence-corrected chi connectivity index (χ3v) is 9.54. The molecule has 0 aromatic heterocycles. The molecule has 39 heavy (non-hydrogen) atoms. The van der Waals surface area contributed by atoms with E-state index in [1.54, 1.807) is 5.57 Å². The van der Waals surface area contributed by atoms with E-state index < -0.39 is 8.07 Å². The predicted molar refractivity (Wildman–Crippen MR) is 165 cm³/mol. The van der Waals surface area contributed by atoms with E-state index in [2.05, 4.69) is 98.2 Å². The summed E-state index contributed by atoms with van der Waals surface area (Å²) in [5.74, 6) is 0.858. The van der Waals surface area contributed by atoms with Gasteiger partial charge in [-0.25, -0.2) is 0 Å². The highest BCUT2D eigenvalue weighted by Crippen LogP contribution is 2.47. The number of ether oxygens (including phenoxy) is 2. The quantitative estimate of drug-likeness (QED) is 0.202. The van der Waals surface area contributed by atoms with Crippen LogP contribution >= 0.6 is 0 Å². The summed E-state index contributed by atoms with van der Waals surface area (Å²) < 4.78 is 12.8. The van der Waals surface area contributed by atoms with Crippen molar-refractivity contribution in [3.05, 3.63) is 95.2 Å². The molecule has 2 unspecified atom stereocenters. The standard InChI is InChI=1S/C35H50O3Si/c1-39(2,3)26-33-23-35(27-37-24-29-14-7-4-8-15-29,28-38-25-30-16-9-5-10-17-30)22-32(33)20-13-21-34(36)31-18-11-6-12-19-31/h4-5,7-10,13-17,20,26,31-32,34,36H,6,11-12,18-19,21-25,27-28H2,1-3H3/b20-13+,33-26+. The molecule has 212 valence electrons. The number of rotatable bonds is 13. The van der Waals surface area contributed by atoms with Gasteiger partial charge < -0.3 is 14.6 Å². The maximum Gasteiger partial charge on any atom is 0.0717 e. The van der Waals surface area contributed by atoms with Crippen LogP contribution in [0.1, 0.15) is 62.5 Å². The molecule has 3 nitrogen and oxygen atoms in total. The lowest BCUT2D eigenvalue weighted by Gasteiger charge is -2.29. The predicted octanol–water partition coefficient (Wildman–Crippen LogP) is 8.51. The molecule has 0 amide bonds. The maximum atomic E-state index is 10.9. The first-order valence-corrected chi connectivity index (χ1v) is 18.7. The van der Waals surface area contributed by atoms with Crippen molar-refractivity contribution in [3.8, 4) is 0 Å². The summed E-state index contributed by atoms with van der Waals surface area (Å²) in [5, 5.41) is 10.9. The Morgan fingerprint density at radius 2 is 1.44 bits per heavy atom. The zero-order chi connectivity index (χ0) is 27.6. The molecular formula is C35H50O3Si. The zero-order valence-electron chi connectivity index (χ0n) is 24.5. The van der Waals surface area contributed by atoms with Crippen molar-refractivity contribution >= 4 is 8.07 Å². The largest absolute Gasteiger partial charge is 0.393 e. The average molecular weight is 547 g/mol. The van der Waals surface area contributed by atoms with E-state index in [1.165, 1.54) is 43.2 Å². The molecule has 2 aliphatic carbocycles. The Kier molecular flexibility index (Phi) is 11.2. The van der Waals surface area contributed by atoms with Gasteiger partial charge in [0.15, 0.2) is 0 Å². The summed E-state index contributed by atoms with van der Waals surface area (Å²) in [7, 11) is -1.41. The molecule has 0 bridgehead atoms. The van der Waals surface area contributed by atoms with Gasteiger partial charge in [0.05, 0.1) is 40.6 Å². The van der Waals surface area contributed by atoms with Gasteiger partial charge in [-0.3, -0.25) is 0 Å². The molecule has 1 N–H and O–H groups in total. The minimum atomic E-state index is -1.41. The maximum absolute atomic E-state index is 10.9. The third kappa shape index (κ3) is 9.86. The molecule has 0 spiro atoms. The summed E-state index contributed by atoms with van der Waals surface area (Å²) in [6.07, 6.45) is 13.5.